The fourth-order valence-corrected chi connectivity index (χ4v) is 4.33. The van der Waals surface area contributed by atoms with E-state index in [9.17, 15) is 0 Å². The molecule has 1 aliphatic heterocycles. The Hall–Kier alpha value is -2.00. The van der Waals surface area contributed by atoms with Gasteiger partial charge in [0.15, 0.2) is 17.5 Å². The van der Waals surface area contributed by atoms with E-state index >= 15 is 0 Å². The minimum absolute atomic E-state index is 0. The van der Waals surface area contributed by atoms with Crippen LogP contribution >= 0.6 is 24.0 Å². The third-order valence-corrected chi connectivity index (χ3v) is 6.19. The lowest BCUT2D eigenvalue weighted by atomic mass is 9.97. The van der Waals surface area contributed by atoms with E-state index in [-0.39, 0.29) is 24.0 Å². The van der Waals surface area contributed by atoms with Crippen molar-refractivity contribution in [1.29, 1.82) is 0 Å². The molecule has 2 aromatic carbocycles. The average molecular weight is 567 g/mol. The number of ether oxygens (including phenoxy) is 2. The second-order valence-corrected chi connectivity index (χ2v) is 8.46. The number of hydrogen-bond donors (Lipinski definition) is 2. The van der Waals surface area contributed by atoms with E-state index in [1.807, 2.05) is 13.1 Å². The second-order valence-electron chi connectivity index (χ2n) is 8.46. The Balaban J connectivity index is 0.00000385. The fraction of sp³-hybridized carbons (Fsp3) is 0.500. The molecular weight excluding hydrogens is 527 g/mol. The van der Waals surface area contributed by atoms with E-state index < -0.39 is 0 Å². The molecular formula is C26H39IN4O2. The lowest BCUT2D eigenvalue weighted by Crippen LogP contribution is -2.51. The number of aliphatic imine (C=N–C) groups is 1. The van der Waals surface area contributed by atoms with Crippen LogP contribution in [0.15, 0.2) is 53.5 Å². The molecule has 7 heteroatoms. The summed E-state index contributed by atoms with van der Waals surface area (Å²) in [6, 6.07) is 17.9. The first kappa shape index (κ1) is 27.2. The highest BCUT2D eigenvalue weighted by Crippen LogP contribution is 2.28. The highest BCUT2D eigenvalue weighted by Gasteiger charge is 2.25. The molecule has 0 radical (unpaired) electrons. The topological polar surface area (TPSA) is 58.1 Å². The Morgan fingerprint density at radius 1 is 1.06 bits per heavy atom. The maximum atomic E-state index is 5.40. The van der Waals surface area contributed by atoms with Gasteiger partial charge in [-0.2, -0.15) is 0 Å². The van der Waals surface area contributed by atoms with Gasteiger partial charge in [0.1, 0.15) is 0 Å². The van der Waals surface area contributed by atoms with Gasteiger partial charge in [0.25, 0.3) is 0 Å². The van der Waals surface area contributed by atoms with Crippen molar-refractivity contribution in [3.8, 4) is 11.5 Å². The summed E-state index contributed by atoms with van der Waals surface area (Å²) in [5.74, 6) is 2.44. The number of nitrogens with zero attached hydrogens (tertiary/aromatic N) is 2. The van der Waals surface area contributed by atoms with Crippen molar-refractivity contribution in [3.63, 3.8) is 0 Å². The van der Waals surface area contributed by atoms with E-state index in [4.69, 9.17) is 9.47 Å². The Morgan fingerprint density at radius 2 is 1.82 bits per heavy atom. The molecule has 0 spiro atoms. The summed E-state index contributed by atoms with van der Waals surface area (Å²) in [5, 5.41) is 7.10. The first-order valence-electron chi connectivity index (χ1n) is 11.6. The predicted octanol–water partition coefficient (Wildman–Crippen LogP) is 4.47. The highest BCUT2D eigenvalue weighted by molar-refractivity contribution is 14.0. The van der Waals surface area contributed by atoms with Crippen LogP contribution in [0.1, 0.15) is 37.3 Å². The van der Waals surface area contributed by atoms with Crippen LogP contribution in [0.2, 0.25) is 0 Å². The molecule has 2 aromatic rings. The van der Waals surface area contributed by atoms with Gasteiger partial charge in [-0.25, -0.2) is 0 Å². The number of aryl methyl sites for hydroxylation is 1. The first-order chi connectivity index (χ1) is 15.6. The second kappa shape index (κ2) is 14.3. The van der Waals surface area contributed by atoms with Crippen molar-refractivity contribution in [1.82, 2.24) is 15.5 Å². The normalized spacial score (nSPS) is 18.8. The van der Waals surface area contributed by atoms with Crippen LogP contribution in [0.3, 0.4) is 0 Å². The maximum Gasteiger partial charge on any atom is 0.191 e. The molecule has 0 aliphatic carbocycles. The van der Waals surface area contributed by atoms with E-state index in [0.717, 1.165) is 62.8 Å². The molecule has 1 fully saturated rings. The van der Waals surface area contributed by atoms with Crippen LogP contribution < -0.4 is 20.1 Å². The molecule has 0 aromatic heterocycles. The zero-order valence-corrected chi connectivity index (χ0v) is 22.7. The zero-order chi connectivity index (χ0) is 22.8. The first-order valence-corrected chi connectivity index (χ1v) is 11.6. The summed E-state index contributed by atoms with van der Waals surface area (Å²) in [7, 11) is 5.18. The van der Waals surface area contributed by atoms with Gasteiger partial charge in [-0.15, -0.1) is 24.0 Å². The SMILES string of the molecule is CN=C(NCCCc1ccc(OC)c(OC)c1)NC1CCN(Cc2ccccc2)C(C)C1.I. The van der Waals surface area contributed by atoms with Crippen molar-refractivity contribution in [2.24, 2.45) is 4.99 Å². The van der Waals surface area contributed by atoms with Crippen molar-refractivity contribution in [3.05, 3.63) is 59.7 Å². The van der Waals surface area contributed by atoms with Crippen molar-refractivity contribution in [2.75, 3.05) is 34.4 Å². The van der Waals surface area contributed by atoms with Gasteiger partial charge < -0.3 is 20.1 Å². The van der Waals surface area contributed by atoms with Crippen LogP contribution in [0.4, 0.5) is 0 Å². The summed E-state index contributed by atoms with van der Waals surface area (Å²) in [5.41, 5.74) is 2.63. The number of nitrogens with one attached hydrogen (secondary N) is 2. The van der Waals surface area contributed by atoms with Gasteiger partial charge in [0.05, 0.1) is 14.2 Å². The average Bonchev–Trinajstić information content (AvgIpc) is 2.83. The van der Waals surface area contributed by atoms with E-state index in [1.165, 1.54) is 11.1 Å². The third-order valence-electron chi connectivity index (χ3n) is 6.19. The van der Waals surface area contributed by atoms with Gasteiger partial charge in [0.2, 0.25) is 0 Å². The Bertz CT molecular complexity index is 863. The highest BCUT2D eigenvalue weighted by atomic mass is 127. The molecule has 3 rings (SSSR count). The Kier molecular flexibility index (Phi) is 11.8. The summed E-state index contributed by atoms with van der Waals surface area (Å²) in [6.07, 6.45) is 4.24. The standard InChI is InChI=1S/C26H38N4O2.HI/c1-20-17-23(14-16-30(20)19-22-9-6-5-7-10-22)29-26(27-2)28-15-8-11-21-12-13-24(31-3)25(18-21)32-4;/h5-7,9-10,12-13,18,20,23H,8,11,14-17,19H2,1-4H3,(H2,27,28,29);1H. The third kappa shape index (κ3) is 8.37. The summed E-state index contributed by atoms with van der Waals surface area (Å²) in [6.45, 7) is 5.33. The predicted molar refractivity (Wildman–Crippen MR) is 147 cm³/mol. The van der Waals surface area contributed by atoms with E-state index in [0.29, 0.717) is 12.1 Å². The molecule has 2 atom stereocenters. The Labute approximate surface area is 216 Å². The lowest BCUT2D eigenvalue weighted by Gasteiger charge is -2.38. The monoisotopic (exact) mass is 566 g/mol. The van der Waals surface area contributed by atoms with Gasteiger partial charge in [-0.05, 0) is 55.9 Å². The number of guanidine groups is 1. The number of halogens is 1. The molecule has 1 saturated heterocycles. The molecule has 0 saturated carbocycles. The van der Waals surface area contributed by atoms with Crippen molar-refractivity contribution < 1.29 is 9.47 Å². The van der Waals surface area contributed by atoms with Crippen LogP contribution in [-0.4, -0.2) is 57.3 Å². The number of hydrogen-bond acceptors (Lipinski definition) is 4. The van der Waals surface area contributed by atoms with Gasteiger partial charge in [-0.1, -0.05) is 36.4 Å². The number of likely N-dealkylation sites (tertiary alicyclic amines) is 1. The molecule has 0 bridgehead atoms. The van der Waals surface area contributed by atoms with Gasteiger partial charge >= 0.3 is 0 Å². The summed E-state index contributed by atoms with van der Waals surface area (Å²) >= 11 is 0. The molecule has 6 nitrogen and oxygen atoms in total. The fourth-order valence-electron chi connectivity index (χ4n) is 4.33. The molecule has 1 heterocycles. The van der Waals surface area contributed by atoms with Crippen LogP contribution in [0.25, 0.3) is 0 Å². The smallest absolute Gasteiger partial charge is 0.191 e. The van der Waals surface area contributed by atoms with Crippen LogP contribution in [0.5, 0.6) is 11.5 Å². The molecule has 33 heavy (non-hydrogen) atoms. The van der Waals surface area contributed by atoms with Crippen LogP contribution in [-0.2, 0) is 13.0 Å². The number of methoxy groups -OCH3 is 2. The number of rotatable bonds is 9. The largest absolute Gasteiger partial charge is 0.493 e. The van der Waals surface area contributed by atoms with Crippen LogP contribution in [0, 0.1) is 0 Å². The summed E-state index contributed by atoms with van der Waals surface area (Å²) in [4.78, 5) is 7.01. The molecule has 2 unspecified atom stereocenters. The quantitative estimate of drug-likeness (QED) is 0.203. The molecule has 1 aliphatic rings. The minimum Gasteiger partial charge on any atom is -0.493 e. The van der Waals surface area contributed by atoms with Crippen molar-refractivity contribution >= 4 is 29.9 Å². The zero-order valence-electron chi connectivity index (χ0n) is 20.3. The molecule has 182 valence electrons. The molecule has 0 amide bonds. The minimum atomic E-state index is 0. The maximum absolute atomic E-state index is 5.40. The van der Waals surface area contributed by atoms with Gasteiger partial charge in [0, 0.05) is 38.8 Å². The van der Waals surface area contributed by atoms with E-state index in [1.54, 1.807) is 14.2 Å². The Morgan fingerprint density at radius 3 is 2.48 bits per heavy atom. The van der Waals surface area contributed by atoms with Crippen molar-refractivity contribution in [2.45, 2.75) is 51.2 Å². The summed E-state index contributed by atoms with van der Waals surface area (Å²) < 4.78 is 10.7. The van der Waals surface area contributed by atoms with E-state index in [2.05, 4.69) is 69.9 Å². The van der Waals surface area contributed by atoms with Gasteiger partial charge in [-0.3, -0.25) is 9.89 Å². The lowest BCUT2D eigenvalue weighted by molar-refractivity contribution is 0.134. The number of piperidine rings is 1. The number of benzene rings is 2. The molecule has 2 N–H and O–H groups in total.